The van der Waals surface area contributed by atoms with Gasteiger partial charge < -0.3 is 19.5 Å². The van der Waals surface area contributed by atoms with Crippen LogP contribution in [0.2, 0.25) is 0 Å². The fourth-order valence-corrected chi connectivity index (χ4v) is 2.80. The third-order valence-corrected chi connectivity index (χ3v) is 4.48. The lowest BCUT2D eigenvalue weighted by Crippen LogP contribution is -2.32. The van der Waals surface area contributed by atoms with Crippen molar-refractivity contribution in [1.82, 2.24) is 5.43 Å². The Bertz CT molecular complexity index is 1230. The van der Waals surface area contributed by atoms with E-state index in [1.54, 1.807) is 30.3 Å². The zero-order valence-corrected chi connectivity index (χ0v) is 18.9. The summed E-state index contributed by atoms with van der Waals surface area (Å²) in [5.74, 6) is -1.94. The number of benzene rings is 3. The van der Waals surface area contributed by atoms with Crippen molar-refractivity contribution in [2.45, 2.75) is 6.92 Å². The second-order valence-corrected chi connectivity index (χ2v) is 6.92. The van der Waals surface area contributed by atoms with Gasteiger partial charge in [0.1, 0.15) is 11.6 Å². The summed E-state index contributed by atoms with van der Waals surface area (Å²) >= 11 is 0. The molecule has 35 heavy (non-hydrogen) atoms. The number of rotatable bonds is 8. The molecule has 0 spiro atoms. The van der Waals surface area contributed by atoms with E-state index in [-0.39, 0.29) is 17.2 Å². The van der Waals surface area contributed by atoms with Crippen LogP contribution in [0.25, 0.3) is 0 Å². The largest absolute Gasteiger partial charge is 0.494 e. The fourth-order valence-electron chi connectivity index (χ4n) is 2.80. The first-order valence-electron chi connectivity index (χ1n) is 10.4. The van der Waals surface area contributed by atoms with Crippen molar-refractivity contribution in [3.63, 3.8) is 0 Å². The molecule has 0 unspecified atom stereocenters. The van der Waals surface area contributed by atoms with Gasteiger partial charge in [0, 0.05) is 5.69 Å². The van der Waals surface area contributed by atoms with Crippen molar-refractivity contribution in [1.29, 1.82) is 0 Å². The molecule has 0 saturated heterocycles. The molecule has 10 heteroatoms. The van der Waals surface area contributed by atoms with E-state index in [1.165, 1.54) is 37.6 Å². The van der Waals surface area contributed by atoms with Gasteiger partial charge >= 0.3 is 17.8 Å². The number of hydrogen-bond donors (Lipinski definition) is 2. The van der Waals surface area contributed by atoms with E-state index in [4.69, 9.17) is 14.2 Å². The van der Waals surface area contributed by atoms with Gasteiger partial charge in [-0.15, -0.1) is 0 Å². The highest BCUT2D eigenvalue weighted by Crippen LogP contribution is 2.28. The number of halogens is 1. The van der Waals surface area contributed by atoms with Crippen molar-refractivity contribution in [3.8, 4) is 17.2 Å². The summed E-state index contributed by atoms with van der Waals surface area (Å²) in [4.78, 5) is 36.2. The van der Waals surface area contributed by atoms with Crippen molar-refractivity contribution in [2.24, 2.45) is 5.10 Å². The molecule has 9 nitrogen and oxygen atoms in total. The van der Waals surface area contributed by atoms with Crippen LogP contribution in [0.5, 0.6) is 17.2 Å². The smallest absolute Gasteiger partial charge is 0.343 e. The van der Waals surface area contributed by atoms with Gasteiger partial charge in [-0.25, -0.2) is 14.6 Å². The Labute approximate surface area is 200 Å². The highest BCUT2D eigenvalue weighted by molar-refractivity contribution is 6.39. The molecular formula is C25H22FN3O6. The number of ether oxygens (including phenoxy) is 3. The molecule has 3 aromatic carbocycles. The third kappa shape index (κ3) is 7.13. The van der Waals surface area contributed by atoms with E-state index in [0.29, 0.717) is 23.5 Å². The number of carbonyl (C=O) groups is 3. The summed E-state index contributed by atoms with van der Waals surface area (Å²) in [6, 6.07) is 16.1. The Hall–Kier alpha value is -4.73. The van der Waals surface area contributed by atoms with Gasteiger partial charge in [0.25, 0.3) is 0 Å². The minimum Gasteiger partial charge on any atom is -0.494 e. The van der Waals surface area contributed by atoms with E-state index in [9.17, 15) is 18.8 Å². The van der Waals surface area contributed by atoms with Crippen molar-refractivity contribution < 1.29 is 33.0 Å². The first kappa shape index (κ1) is 24.9. The van der Waals surface area contributed by atoms with Crippen LogP contribution in [-0.2, 0) is 9.59 Å². The van der Waals surface area contributed by atoms with Crippen LogP contribution >= 0.6 is 0 Å². The summed E-state index contributed by atoms with van der Waals surface area (Å²) in [5.41, 5.74) is 3.19. The minimum absolute atomic E-state index is 0.186. The van der Waals surface area contributed by atoms with Crippen molar-refractivity contribution in [3.05, 3.63) is 83.7 Å². The summed E-state index contributed by atoms with van der Waals surface area (Å²) in [6.45, 7) is 2.38. The Balaban J connectivity index is 1.58. The zero-order valence-electron chi connectivity index (χ0n) is 18.9. The average Bonchev–Trinajstić information content (AvgIpc) is 2.86. The van der Waals surface area contributed by atoms with Crippen LogP contribution in [0.4, 0.5) is 10.1 Å². The Morgan fingerprint density at radius 3 is 2.31 bits per heavy atom. The molecular weight excluding hydrogens is 457 g/mol. The highest BCUT2D eigenvalue weighted by Gasteiger charge is 2.14. The van der Waals surface area contributed by atoms with E-state index < -0.39 is 23.6 Å². The van der Waals surface area contributed by atoms with E-state index >= 15 is 0 Å². The van der Waals surface area contributed by atoms with Gasteiger partial charge in [-0.2, -0.15) is 5.10 Å². The second kappa shape index (κ2) is 11.9. The topological polar surface area (TPSA) is 115 Å². The molecule has 0 radical (unpaired) electrons. The Kier molecular flexibility index (Phi) is 8.49. The summed E-state index contributed by atoms with van der Waals surface area (Å²) < 4.78 is 29.0. The zero-order chi connectivity index (χ0) is 25.2. The predicted molar refractivity (Wildman–Crippen MR) is 126 cm³/mol. The molecule has 3 rings (SSSR count). The van der Waals surface area contributed by atoms with Crippen LogP contribution in [0, 0.1) is 5.82 Å². The Morgan fingerprint density at radius 1 is 0.943 bits per heavy atom. The number of amides is 2. The number of carbonyl (C=O) groups excluding carboxylic acids is 3. The number of nitrogens with zero attached hydrogens (tertiary/aromatic N) is 1. The number of nitrogens with one attached hydrogen (secondary N) is 2. The molecule has 0 bridgehead atoms. The van der Waals surface area contributed by atoms with Crippen LogP contribution in [0.15, 0.2) is 71.8 Å². The number of hydrogen-bond acceptors (Lipinski definition) is 7. The normalized spacial score (nSPS) is 10.5. The number of anilines is 1. The maximum absolute atomic E-state index is 12.9. The van der Waals surface area contributed by atoms with Gasteiger partial charge in [0.15, 0.2) is 11.5 Å². The molecule has 0 atom stereocenters. The average molecular weight is 479 g/mol. The molecule has 0 aliphatic carbocycles. The van der Waals surface area contributed by atoms with Crippen molar-refractivity contribution in [2.75, 3.05) is 19.0 Å². The summed E-state index contributed by atoms with van der Waals surface area (Å²) in [5, 5.41) is 6.05. The maximum Gasteiger partial charge on any atom is 0.343 e. The predicted octanol–water partition coefficient (Wildman–Crippen LogP) is 3.54. The lowest BCUT2D eigenvalue weighted by molar-refractivity contribution is -0.136. The molecule has 0 aliphatic heterocycles. The summed E-state index contributed by atoms with van der Waals surface area (Å²) in [6.07, 6.45) is 1.28. The van der Waals surface area contributed by atoms with Gasteiger partial charge in [-0.05, 0) is 79.2 Å². The van der Waals surface area contributed by atoms with Crippen LogP contribution in [0.1, 0.15) is 22.8 Å². The number of esters is 1. The molecule has 0 saturated carbocycles. The van der Waals surface area contributed by atoms with E-state index in [0.717, 1.165) is 12.1 Å². The highest BCUT2D eigenvalue weighted by atomic mass is 19.1. The lowest BCUT2D eigenvalue weighted by Gasteiger charge is -2.10. The molecule has 2 amide bonds. The van der Waals surface area contributed by atoms with E-state index in [2.05, 4.69) is 15.8 Å². The fraction of sp³-hybridized carbons (Fsp3) is 0.120. The van der Waals surface area contributed by atoms with Crippen LogP contribution < -0.4 is 25.0 Å². The monoisotopic (exact) mass is 479 g/mol. The minimum atomic E-state index is -1.02. The molecule has 3 aromatic rings. The summed E-state index contributed by atoms with van der Waals surface area (Å²) in [7, 11) is 1.41. The standard InChI is InChI=1S/C25H22FN3O6/c1-3-34-20-11-5-17(6-12-20)25(32)35-21-13-4-16(14-22(21)33-2)15-27-29-24(31)23(30)28-19-9-7-18(26)8-10-19/h4-15H,3H2,1-2H3,(H,28,30)(H,29,31)/b27-15-. The van der Waals surface area contributed by atoms with Gasteiger partial charge in [0.2, 0.25) is 0 Å². The first-order valence-corrected chi connectivity index (χ1v) is 10.4. The molecule has 0 heterocycles. The third-order valence-electron chi connectivity index (χ3n) is 4.48. The molecule has 0 fully saturated rings. The van der Waals surface area contributed by atoms with Crippen molar-refractivity contribution >= 4 is 29.7 Å². The van der Waals surface area contributed by atoms with E-state index in [1.807, 2.05) is 6.92 Å². The molecule has 0 aliphatic rings. The van der Waals surface area contributed by atoms with Gasteiger partial charge in [0.05, 0.1) is 25.5 Å². The van der Waals surface area contributed by atoms with Crippen LogP contribution in [0.3, 0.4) is 0 Å². The SMILES string of the molecule is CCOc1ccc(C(=O)Oc2ccc(/C=N\NC(=O)C(=O)Nc3ccc(F)cc3)cc2OC)cc1. The second-order valence-electron chi connectivity index (χ2n) is 6.92. The Morgan fingerprint density at radius 2 is 1.66 bits per heavy atom. The molecule has 2 N–H and O–H groups in total. The first-order chi connectivity index (χ1) is 16.9. The maximum atomic E-state index is 12.9. The quantitative estimate of drug-likeness (QED) is 0.168. The molecule has 0 aromatic heterocycles. The van der Waals surface area contributed by atoms with Crippen LogP contribution in [-0.4, -0.2) is 37.7 Å². The van der Waals surface area contributed by atoms with Gasteiger partial charge in [-0.1, -0.05) is 0 Å². The number of methoxy groups -OCH3 is 1. The molecule has 180 valence electrons. The lowest BCUT2D eigenvalue weighted by atomic mass is 10.2. The van der Waals surface area contributed by atoms with Gasteiger partial charge in [-0.3, -0.25) is 9.59 Å². The number of hydrazone groups is 1.